The molecule has 3 nitrogen and oxygen atoms in total. The van der Waals surface area contributed by atoms with Crippen LogP contribution in [0.4, 0.5) is 0 Å². The topological polar surface area (TPSA) is 43.4 Å². The van der Waals surface area contributed by atoms with Crippen LogP contribution in [0.1, 0.15) is 57.6 Å². The quantitative estimate of drug-likeness (QED) is 0.101. The van der Waals surface area contributed by atoms with E-state index >= 15 is 0 Å². The maximum Gasteiger partial charge on any atom is 0.313 e. The number of fused-ring (bicyclic) bond motifs is 4. The summed E-state index contributed by atoms with van der Waals surface area (Å²) in [6.07, 6.45) is 2.80. The number of Topliss-reactive ketones (excluding diaryl/α,β-unsaturated/α-hetero) is 1. The van der Waals surface area contributed by atoms with Gasteiger partial charge < -0.3 is 4.74 Å². The minimum Gasteiger partial charge on any atom is -0.457 e. The minimum absolute atomic E-state index is 0.0411. The second-order valence-corrected chi connectivity index (χ2v) is 9.51. The van der Waals surface area contributed by atoms with Crippen molar-refractivity contribution in [2.75, 3.05) is 0 Å². The van der Waals surface area contributed by atoms with Gasteiger partial charge in [0.25, 0.3) is 0 Å². The zero-order valence-corrected chi connectivity index (χ0v) is 20.3. The molecular weight excluding hydrogens is 432 g/mol. The molecule has 1 atom stereocenters. The summed E-state index contributed by atoms with van der Waals surface area (Å²) in [7, 11) is 0. The molecule has 0 fully saturated rings. The third-order valence-electron chi connectivity index (χ3n) is 6.82. The van der Waals surface area contributed by atoms with Crippen molar-refractivity contribution in [1.82, 2.24) is 0 Å². The number of carbonyl (C=O) groups is 2. The summed E-state index contributed by atoms with van der Waals surface area (Å²) in [5.74, 6) is -0.489. The number of ether oxygens (including phenoxy) is 1. The van der Waals surface area contributed by atoms with Gasteiger partial charge in [-0.05, 0) is 104 Å². The first-order valence-corrected chi connectivity index (χ1v) is 12.5. The van der Waals surface area contributed by atoms with E-state index in [1.165, 1.54) is 32.3 Å². The Hall–Kier alpha value is -3.72. The van der Waals surface area contributed by atoms with Crippen LogP contribution < -0.4 is 0 Å². The molecule has 35 heavy (non-hydrogen) atoms. The number of benzene rings is 5. The fourth-order valence-electron chi connectivity index (χ4n) is 4.84. The average Bonchev–Trinajstić information content (AvgIpc) is 2.84. The van der Waals surface area contributed by atoms with Crippen LogP contribution in [0.3, 0.4) is 0 Å². The van der Waals surface area contributed by atoms with Crippen LogP contribution >= 0.6 is 0 Å². The Bertz CT molecular complexity index is 1560. The van der Waals surface area contributed by atoms with E-state index in [0.717, 1.165) is 35.6 Å². The highest BCUT2D eigenvalue weighted by molar-refractivity contribution is 6.08. The van der Waals surface area contributed by atoms with Gasteiger partial charge in [0.2, 0.25) is 0 Å². The number of ketones is 1. The van der Waals surface area contributed by atoms with Crippen LogP contribution in [0.5, 0.6) is 0 Å². The van der Waals surface area contributed by atoms with Crippen molar-refractivity contribution in [1.29, 1.82) is 0 Å². The molecule has 0 amide bonds. The van der Waals surface area contributed by atoms with Crippen molar-refractivity contribution in [3.8, 4) is 0 Å². The molecule has 5 aromatic carbocycles. The molecule has 0 bridgehead atoms. The van der Waals surface area contributed by atoms with Gasteiger partial charge >= 0.3 is 5.97 Å². The molecule has 176 valence electrons. The Morgan fingerprint density at radius 1 is 0.686 bits per heavy atom. The molecule has 5 rings (SSSR count). The first kappa shape index (κ1) is 23.0. The van der Waals surface area contributed by atoms with Crippen molar-refractivity contribution in [2.45, 2.75) is 52.1 Å². The van der Waals surface area contributed by atoms with Gasteiger partial charge in [-0.2, -0.15) is 0 Å². The number of carbonyl (C=O) groups excluding carboxylic acids is 2. The predicted molar refractivity (Wildman–Crippen MR) is 145 cm³/mol. The smallest absolute Gasteiger partial charge is 0.313 e. The Morgan fingerprint density at radius 3 is 1.77 bits per heavy atom. The molecule has 0 N–H and O–H groups in total. The summed E-state index contributed by atoms with van der Waals surface area (Å²) in [5.41, 5.74) is 0.926. The van der Waals surface area contributed by atoms with Crippen molar-refractivity contribution in [3.63, 3.8) is 0 Å². The predicted octanol–water partition coefficient (Wildman–Crippen LogP) is 8.44. The van der Waals surface area contributed by atoms with Gasteiger partial charge in [0.1, 0.15) is 18.3 Å². The second kappa shape index (κ2) is 9.87. The summed E-state index contributed by atoms with van der Waals surface area (Å²) < 4.78 is 5.59. The molecule has 0 radical (unpaired) electrons. The largest absolute Gasteiger partial charge is 0.457 e. The standard InChI is InChI=1S/C32H30O3/c1-3-4-5-10-31(33)20-32(34)35-21(2)22-11-12-25-16-29-18-27-14-23-8-6-7-9-24(23)15-28(27)19-30(29)17-26(25)13-22/h6-9,11-19,21H,3-5,10,20H2,1-2H3. The highest BCUT2D eigenvalue weighted by Gasteiger charge is 2.16. The minimum atomic E-state index is -0.448. The maximum absolute atomic E-state index is 12.3. The first-order chi connectivity index (χ1) is 17.0. The SMILES string of the molecule is CCCCCC(=O)CC(=O)OC(C)c1ccc2cc3cc4cc5ccccc5cc4cc3cc2c1. The zero-order valence-electron chi connectivity index (χ0n) is 20.3. The second-order valence-electron chi connectivity index (χ2n) is 9.51. The van der Waals surface area contributed by atoms with Crippen LogP contribution in [0, 0.1) is 0 Å². The third-order valence-corrected chi connectivity index (χ3v) is 6.82. The van der Waals surface area contributed by atoms with Gasteiger partial charge in [-0.15, -0.1) is 0 Å². The lowest BCUT2D eigenvalue weighted by Crippen LogP contribution is -2.13. The van der Waals surface area contributed by atoms with E-state index in [1.807, 2.05) is 13.0 Å². The molecule has 0 aliphatic carbocycles. The lowest BCUT2D eigenvalue weighted by atomic mass is 9.96. The molecule has 0 saturated carbocycles. The molecule has 5 aromatic rings. The van der Waals surface area contributed by atoms with Crippen LogP contribution in [-0.4, -0.2) is 11.8 Å². The lowest BCUT2D eigenvalue weighted by molar-refractivity contribution is -0.150. The Kier molecular flexibility index (Phi) is 6.50. The van der Waals surface area contributed by atoms with Gasteiger partial charge in [-0.3, -0.25) is 9.59 Å². The van der Waals surface area contributed by atoms with E-state index in [4.69, 9.17) is 4.74 Å². The Labute approximate surface area is 205 Å². The van der Waals surface area contributed by atoms with Gasteiger partial charge in [0, 0.05) is 6.42 Å². The highest BCUT2D eigenvalue weighted by Crippen LogP contribution is 2.31. The van der Waals surface area contributed by atoms with Crippen molar-refractivity contribution in [3.05, 3.63) is 84.4 Å². The normalized spacial score (nSPS) is 12.4. The molecule has 0 heterocycles. The lowest BCUT2D eigenvalue weighted by Gasteiger charge is -2.15. The number of unbranched alkanes of at least 4 members (excludes halogenated alkanes) is 2. The van der Waals surface area contributed by atoms with E-state index < -0.39 is 12.1 Å². The molecule has 0 aromatic heterocycles. The summed E-state index contributed by atoms with van der Waals surface area (Å²) >= 11 is 0. The fraction of sp³-hybridized carbons (Fsp3) is 0.250. The van der Waals surface area contributed by atoms with Crippen molar-refractivity contribution >= 4 is 54.8 Å². The van der Waals surface area contributed by atoms with Gasteiger partial charge in [0.15, 0.2) is 0 Å². The van der Waals surface area contributed by atoms with Crippen LogP contribution in [0.15, 0.2) is 78.9 Å². The van der Waals surface area contributed by atoms with Crippen molar-refractivity contribution in [2.24, 2.45) is 0 Å². The number of esters is 1. The summed E-state index contributed by atoms with van der Waals surface area (Å²) in [6, 6.07) is 28.0. The molecule has 0 aliphatic heterocycles. The van der Waals surface area contributed by atoms with Crippen molar-refractivity contribution < 1.29 is 14.3 Å². The molecule has 1 unspecified atom stereocenters. The molecule has 0 saturated heterocycles. The van der Waals surface area contributed by atoms with E-state index in [0.29, 0.717) is 6.42 Å². The first-order valence-electron chi connectivity index (χ1n) is 12.5. The number of hydrogen-bond acceptors (Lipinski definition) is 3. The summed E-state index contributed by atoms with van der Waals surface area (Å²) in [5, 5.41) is 9.57. The van der Waals surface area contributed by atoms with E-state index in [2.05, 4.69) is 79.7 Å². The van der Waals surface area contributed by atoms with Gasteiger partial charge in [-0.25, -0.2) is 0 Å². The van der Waals surface area contributed by atoms with E-state index in [-0.39, 0.29) is 12.2 Å². The monoisotopic (exact) mass is 462 g/mol. The highest BCUT2D eigenvalue weighted by atomic mass is 16.5. The van der Waals surface area contributed by atoms with Crippen LogP contribution in [-0.2, 0) is 14.3 Å². The van der Waals surface area contributed by atoms with Gasteiger partial charge in [0.05, 0.1) is 0 Å². The van der Waals surface area contributed by atoms with Crippen LogP contribution in [0.2, 0.25) is 0 Å². The number of hydrogen-bond donors (Lipinski definition) is 0. The Balaban J connectivity index is 1.39. The van der Waals surface area contributed by atoms with E-state index in [9.17, 15) is 9.59 Å². The molecule has 0 aliphatic rings. The molecule has 0 spiro atoms. The molecule has 3 heteroatoms. The summed E-state index contributed by atoms with van der Waals surface area (Å²) in [6.45, 7) is 3.96. The third kappa shape index (κ3) is 5.05. The summed E-state index contributed by atoms with van der Waals surface area (Å²) in [4.78, 5) is 24.3. The number of rotatable bonds is 8. The van der Waals surface area contributed by atoms with Gasteiger partial charge in [-0.1, -0.05) is 56.2 Å². The average molecular weight is 463 g/mol. The Morgan fingerprint density at radius 2 is 1.20 bits per heavy atom. The molecular formula is C32H30O3. The fourth-order valence-corrected chi connectivity index (χ4v) is 4.84. The van der Waals surface area contributed by atoms with Crippen LogP contribution in [0.25, 0.3) is 43.1 Å². The van der Waals surface area contributed by atoms with E-state index in [1.54, 1.807) is 0 Å². The zero-order chi connectivity index (χ0) is 24.4. The maximum atomic E-state index is 12.3.